The molecule has 10 heteroatoms. The summed E-state index contributed by atoms with van der Waals surface area (Å²) in [5.41, 5.74) is 3.20. The first-order valence-electron chi connectivity index (χ1n) is 14.8. The lowest BCUT2D eigenvalue weighted by Crippen LogP contribution is -2.60. The number of rotatable bonds is 3. The van der Waals surface area contributed by atoms with E-state index >= 15 is 0 Å². The Labute approximate surface area is 241 Å². The molecule has 2 aromatic rings. The molecule has 0 spiro atoms. The predicted octanol–water partition coefficient (Wildman–Crippen LogP) is 3.46. The van der Waals surface area contributed by atoms with Crippen molar-refractivity contribution in [2.24, 2.45) is 11.8 Å². The first kappa shape index (κ1) is 29.0. The van der Waals surface area contributed by atoms with E-state index in [1.54, 1.807) is 28.1 Å². The third-order valence-electron chi connectivity index (χ3n) is 8.92. The highest BCUT2D eigenvalue weighted by Gasteiger charge is 2.44. The lowest BCUT2D eigenvalue weighted by molar-refractivity contribution is -0.140. The van der Waals surface area contributed by atoms with Crippen LogP contribution in [0, 0.1) is 25.7 Å². The number of benzene rings is 1. The van der Waals surface area contributed by atoms with Crippen molar-refractivity contribution in [2.45, 2.75) is 71.3 Å². The van der Waals surface area contributed by atoms with Crippen LogP contribution in [-0.4, -0.2) is 79.1 Å². The molecule has 0 saturated carbocycles. The maximum Gasteiger partial charge on any atom is 0.259 e. The first-order chi connectivity index (χ1) is 19.8. The van der Waals surface area contributed by atoms with Gasteiger partial charge in [-0.2, -0.15) is 0 Å². The van der Waals surface area contributed by atoms with E-state index in [1.165, 1.54) is 0 Å². The number of ether oxygens (including phenoxy) is 2. The van der Waals surface area contributed by atoms with Crippen molar-refractivity contribution in [3.63, 3.8) is 0 Å². The van der Waals surface area contributed by atoms with Crippen molar-refractivity contribution in [3.8, 4) is 11.5 Å². The maximum absolute atomic E-state index is 13.8. The molecule has 222 valence electrons. The number of nitrogens with zero attached hydrogens (tertiary/aromatic N) is 3. The minimum atomic E-state index is -0.0485. The molecule has 1 aromatic carbocycles. The van der Waals surface area contributed by atoms with Crippen LogP contribution in [-0.2, 0) is 22.4 Å². The van der Waals surface area contributed by atoms with E-state index in [0.717, 1.165) is 36.8 Å². The van der Waals surface area contributed by atoms with Crippen LogP contribution in [0.25, 0.3) is 0 Å². The van der Waals surface area contributed by atoms with Crippen molar-refractivity contribution in [3.05, 3.63) is 40.3 Å². The Balaban J connectivity index is 1.38. The monoisotopic (exact) mass is 566 g/mol. The largest absolute Gasteiger partial charge is 0.493 e. The molecule has 3 atom stereocenters. The fraction of sp³-hybridized carbons (Fsp3) is 0.613. The summed E-state index contributed by atoms with van der Waals surface area (Å²) in [6, 6.07) is 4.05. The number of aryl methyl sites for hydroxylation is 4. The van der Waals surface area contributed by atoms with Crippen LogP contribution in [0.15, 0.2) is 16.7 Å². The van der Waals surface area contributed by atoms with Gasteiger partial charge in [-0.1, -0.05) is 11.2 Å². The van der Waals surface area contributed by atoms with Crippen molar-refractivity contribution in [2.75, 3.05) is 40.4 Å². The van der Waals surface area contributed by atoms with Gasteiger partial charge in [0.25, 0.3) is 5.91 Å². The summed E-state index contributed by atoms with van der Waals surface area (Å²) in [5, 5.41) is 7.03. The van der Waals surface area contributed by atoms with E-state index in [-0.39, 0.29) is 35.6 Å². The normalized spacial score (nSPS) is 24.0. The van der Waals surface area contributed by atoms with Gasteiger partial charge in [-0.05, 0) is 81.4 Å². The van der Waals surface area contributed by atoms with Crippen molar-refractivity contribution >= 4 is 17.7 Å². The Kier molecular flexibility index (Phi) is 8.85. The number of carbonyl (C=O) groups is 3. The van der Waals surface area contributed by atoms with Crippen molar-refractivity contribution in [1.29, 1.82) is 0 Å². The number of likely N-dealkylation sites (tertiary alicyclic amines) is 1. The van der Waals surface area contributed by atoms with Gasteiger partial charge >= 0.3 is 0 Å². The summed E-state index contributed by atoms with van der Waals surface area (Å²) in [7, 11) is 3.26. The Bertz CT molecular complexity index is 1270. The van der Waals surface area contributed by atoms with Crippen LogP contribution in [0.3, 0.4) is 0 Å². The number of aromatic nitrogens is 1. The zero-order chi connectivity index (χ0) is 29.1. The molecule has 0 radical (unpaired) electrons. The molecule has 10 nitrogen and oxygen atoms in total. The van der Waals surface area contributed by atoms with Gasteiger partial charge < -0.3 is 29.1 Å². The zero-order valence-electron chi connectivity index (χ0n) is 24.7. The van der Waals surface area contributed by atoms with E-state index in [0.29, 0.717) is 80.4 Å². The Morgan fingerprint density at radius 2 is 1.85 bits per heavy atom. The fourth-order valence-electron chi connectivity index (χ4n) is 7.01. The van der Waals surface area contributed by atoms with E-state index in [1.807, 2.05) is 11.0 Å². The van der Waals surface area contributed by atoms with Crippen LogP contribution < -0.4 is 14.8 Å². The highest BCUT2D eigenvalue weighted by atomic mass is 16.5. The number of hydrogen-bond acceptors (Lipinski definition) is 7. The predicted molar refractivity (Wildman–Crippen MR) is 152 cm³/mol. The van der Waals surface area contributed by atoms with E-state index in [2.05, 4.69) is 21.4 Å². The minimum Gasteiger partial charge on any atom is -0.493 e. The topological polar surface area (TPSA) is 114 Å². The zero-order valence-corrected chi connectivity index (χ0v) is 24.7. The Hall–Kier alpha value is -3.56. The third kappa shape index (κ3) is 6.21. The quantitative estimate of drug-likeness (QED) is 0.605. The number of piperidine rings is 2. The maximum atomic E-state index is 13.8. The van der Waals surface area contributed by atoms with Crippen molar-refractivity contribution in [1.82, 2.24) is 20.3 Å². The molecule has 3 aliphatic rings. The van der Waals surface area contributed by atoms with Gasteiger partial charge in [-0.3, -0.25) is 14.4 Å². The standard InChI is InChI=1S/C31H42N4O6/c1-19-29(20(2)41-33-19)31(38)34-16-22-14-24(18-34)25-8-5-9-27(36)32-12-6-7-23-13-21(10-11-28(37)35(25)17-22)15-26(39-3)30(23)40-4/h13,15,22,24-25H,5-12,14,16-18H2,1-4H3,(H,32,36)/t22-,24+,25-/m0/s1. The van der Waals surface area contributed by atoms with Gasteiger partial charge in [0.1, 0.15) is 11.3 Å². The fourth-order valence-corrected chi connectivity index (χ4v) is 7.01. The van der Waals surface area contributed by atoms with Gasteiger partial charge in [-0.25, -0.2) is 0 Å². The summed E-state index contributed by atoms with van der Waals surface area (Å²) in [6.45, 7) is 5.96. The molecular weight excluding hydrogens is 524 g/mol. The average Bonchev–Trinajstić information content (AvgIpc) is 3.30. The second kappa shape index (κ2) is 12.5. The first-order valence-corrected chi connectivity index (χ1v) is 14.8. The molecule has 0 aliphatic carbocycles. The molecule has 41 heavy (non-hydrogen) atoms. The number of methoxy groups -OCH3 is 2. The smallest absolute Gasteiger partial charge is 0.259 e. The van der Waals surface area contributed by atoms with Crippen LogP contribution in [0.2, 0.25) is 0 Å². The van der Waals surface area contributed by atoms with Gasteiger partial charge in [0, 0.05) is 45.1 Å². The SMILES string of the molecule is COc1cc2cc(c1OC)CCCNC(=O)CCC[C@H]1[C@@H]3C[C@@H](CN(C(=O)c4c(C)noc4C)C3)CN1C(=O)CC2. The molecule has 5 rings (SSSR count). The Morgan fingerprint density at radius 1 is 1.02 bits per heavy atom. The lowest BCUT2D eigenvalue weighted by atomic mass is 9.77. The number of hydrogen-bond donors (Lipinski definition) is 1. The van der Waals surface area contributed by atoms with Gasteiger partial charge in [0.15, 0.2) is 11.5 Å². The summed E-state index contributed by atoms with van der Waals surface area (Å²) >= 11 is 0. The highest BCUT2D eigenvalue weighted by molar-refractivity contribution is 5.96. The van der Waals surface area contributed by atoms with Gasteiger partial charge in [-0.15, -0.1) is 0 Å². The van der Waals surface area contributed by atoms with Crippen LogP contribution >= 0.6 is 0 Å². The third-order valence-corrected chi connectivity index (χ3v) is 8.92. The van der Waals surface area contributed by atoms with Crippen LogP contribution in [0.1, 0.15) is 71.5 Å². The van der Waals surface area contributed by atoms with Gasteiger partial charge in [0.05, 0.1) is 19.9 Å². The summed E-state index contributed by atoms with van der Waals surface area (Å²) in [6.07, 6.45) is 5.36. The number of amides is 3. The van der Waals surface area contributed by atoms with Crippen molar-refractivity contribution < 1.29 is 28.4 Å². The molecule has 1 N–H and O–H groups in total. The second-order valence-electron chi connectivity index (χ2n) is 11.7. The summed E-state index contributed by atoms with van der Waals surface area (Å²) in [5.74, 6) is 2.37. The lowest BCUT2D eigenvalue weighted by Gasteiger charge is -2.51. The van der Waals surface area contributed by atoms with E-state index in [9.17, 15) is 14.4 Å². The molecule has 3 amide bonds. The Morgan fingerprint density at radius 3 is 2.59 bits per heavy atom. The van der Waals surface area contributed by atoms with E-state index in [4.69, 9.17) is 14.0 Å². The molecule has 1 aromatic heterocycles. The molecule has 4 bridgehead atoms. The molecule has 0 unspecified atom stereocenters. The highest BCUT2D eigenvalue weighted by Crippen LogP contribution is 2.38. The molecule has 2 saturated heterocycles. The van der Waals surface area contributed by atoms with Crippen LogP contribution in [0.5, 0.6) is 11.5 Å². The summed E-state index contributed by atoms with van der Waals surface area (Å²) in [4.78, 5) is 43.9. The molecule has 4 heterocycles. The minimum absolute atomic E-state index is 0.0133. The number of fused-ring (bicyclic) bond motifs is 6. The molecule has 2 fully saturated rings. The average molecular weight is 567 g/mol. The molecular formula is C31H42N4O6. The second-order valence-corrected chi connectivity index (χ2v) is 11.7. The summed E-state index contributed by atoms with van der Waals surface area (Å²) < 4.78 is 16.5. The number of carbonyl (C=O) groups excluding carboxylic acids is 3. The van der Waals surface area contributed by atoms with E-state index < -0.39 is 0 Å². The van der Waals surface area contributed by atoms with Crippen LogP contribution in [0.4, 0.5) is 0 Å². The number of nitrogens with one attached hydrogen (secondary N) is 1. The van der Waals surface area contributed by atoms with Gasteiger partial charge in [0.2, 0.25) is 11.8 Å². The molecule has 3 aliphatic heterocycles.